The Morgan fingerprint density at radius 1 is 1.19 bits per heavy atom. The predicted octanol–water partition coefficient (Wildman–Crippen LogP) is 4.73. The second-order valence-electron chi connectivity index (χ2n) is 7.00. The molecule has 0 radical (unpaired) electrons. The molecule has 5 rings (SSSR count). The zero-order valence-electron chi connectivity index (χ0n) is 16.6. The maximum absolute atomic E-state index is 13.6. The first-order valence-corrected chi connectivity index (χ1v) is 11.2. The summed E-state index contributed by atoms with van der Waals surface area (Å²) < 4.78 is 12.1. The van der Waals surface area contributed by atoms with Gasteiger partial charge in [0.05, 0.1) is 24.1 Å². The smallest absolute Gasteiger partial charge is 0.297 e. The van der Waals surface area contributed by atoms with Crippen molar-refractivity contribution in [1.29, 1.82) is 0 Å². The van der Waals surface area contributed by atoms with Crippen molar-refractivity contribution in [3.05, 3.63) is 79.1 Å². The van der Waals surface area contributed by atoms with E-state index in [1.807, 2.05) is 31.2 Å². The van der Waals surface area contributed by atoms with Gasteiger partial charge >= 0.3 is 0 Å². The molecule has 1 aliphatic rings. The molecular weight excluding hydrogens is 482 g/mol. The summed E-state index contributed by atoms with van der Waals surface area (Å²) >= 11 is 4.73. The number of carbonyl (C=O) groups is 1. The lowest BCUT2D eigenvalue weighted by Gasteiger charge is -2.22. The number of aryl methyl sites for hydroxylation is 1. The number of halogens is 1. The Morgan fingerprint density at radius 3 is 2.77 bits per heavy atom. The molecule has 9 heteroatoms. The van der Waals surface area contributed by atoms with E-state index < -0.39 is 11.9 Å². The molecule has 0 saturated heterocycles. The minimum absolute atomic E-state index is 0.0286. The van der Waals surface area contributed by atoms with Gasteiger partial charge in [-0.2, -0.15) is 0 Å². The van der Waals surface area contributed by atoms with Crippen molar-refractivity contribution in [3.8, 4) is 5.75 Å². The Morgan fingerprint density at radius 2 is 2.03 bits per heavy atom. The van der Waals surface area contributed by atoms with Gasteiger partial charge in [0.25, 0.3) is 5.91 Å². The fourth-order valence-corrected chi connectivity index (χ4v) is 4.92. The third-order valence-electron chi connectivity index (χ3n) is 5.21. The highest BCUT2D eigenvalue weighted by Crippen LogP contribution is 2.42. The molecule has 1 aliphatic heterocycles. The fourth-order valence-electron chi connectivity index (χ4n) is 3.75. The van der Waals surface area contributed by atoms with Crippen molar-refractivity contribution in [2.45, 2.75) is 19.4 Å². The van der Waals surface area contributed by atoms with E-state index in [1.54, 1.807) is 25.3 Å². The van der Waals surface area contributed by atoms with Gasteiger partial charge in [-0.25, -0.2) is 0 Å². The average Bonchev–Trinajstić information content (AvgIpc) is 3.37. The molecule has 3 heterocycles. The highest BCUT2D eigenvalue weighted by molar-refractivity contribution is 9.10. The summed E-state index contributed by atoms with van der Waals surface area (Å²) in [6.45, 7) is 1.97. The molecule has 0 fully saturated rings. The first-order chi connectivity index (χ1) is 15.0. The van der Waals surface area contributed by atoms with E-state index >= 15 is 0 Å². The van der Waals surface area contributed by atoms with Crippen molar-refractivity contribution < 1.29 is 13.9 Å². The van der Waals surface area contributed by atoms with Crippen molar-refractivity contribution in [3.63, 3.8) is 0 Å². The van der Waals surface area contributed by atoms with E-state index in [-0.39, 0.29) is 16.8 Å². The third kappa shape index (κ3) is 3.16. The number of aromatic nitrogens is 2. The number of hydrogen-bond donors (Lipinski definition) is 0. The van der Waals surface area contributed by atoms with Crippen LogP contribution in [0.2, 0.25) is 0 Å². The standard InChI is InChI=1S/C22H16BrN3O4S/c1-3-16-24-25-22(31-16)26-18(11-5-4-6-13(9-11)29-2)17-19(27)14-10-12(23)7-8-15(14)30-20(17)21(26)28/h4-10,18H,3H2,1-2H3. The summed E-state index contributed by atoms with van der Waals surface area (Å²) in [4.78, 5) is 28.6. The second-order valence-corrected chi connectivity index (χ2v) is 8.96. The number of ether oxygens (including phenoxy) is 1. The number of benzene rings is 2. The van der Waals surface area contributed by atoms with Crippen molar-refractivity contribution in [2.75, 3.05) is 12.0 Å². The number of carbonyl (C=O) groups excluding carboxylic acids is 1. The van der Waals surface area contributed by atoms with Crippen LogP contribution in [0.3, 0.4) is 0 Å². The number of nitrogens with zero attached hydrogens (tertiary/aromatic N) is 3. The number of amides is 1. The summed E-state index contributed by atoms with van der Waals surface area (Å²) in [5.74, 6) is 0.238. The van der Waals surface area contributed by atoms with E-state index in [4.69, 9.17) is 9.15 Å². The van der Waals surface area contributed by atoms with Crippen LogP contribution in [0.1, 0.15) is 39.7 Å². The summed E-state index contributed by atoms with van der Waals surface area (Å²) in [6, 6.07) is 11.8. The number of rotatable bonds is 4. The minimum atomic E-state index is -0.699. The molecule has 156 valence electrons. The highest BCUT2D eigenvalue weighted by Gasteiger charge is 2.45. The van der Waals surface area contributed by atoms with Crippen LogP contribution >= 0.6 is 27.3 Å². The molecule has 0 spiro atoms. The van der Waals surface area contributed by atoms with E-state index in [2.05, 4.69) is 26.1 Å². The molecule has 0 aliphatic carbocycles. The second kappa shape index (κ2) is 7.58. The normalized spacial score (nSPS) is 15.5. The summed E-state index contributed by atoms with van der Waals surface area (Å²) in [7, 11) is 1.57. The van der Waals surface area contributed by atoms with Gasteiger partial charge in [-0.1, -0.05) is 46.3 Å². The van der Waals surface area contributed by atoms with Crippen LogP contribution in [0, 0.1) is 0 Å². The quantitative estimate of drug-likeness (QED) is 0.405. The van der Waals surface area contributed by atoms with Gasteiger partial charge in [-0.05, 0) is 42.3 Å². The van der Waals surface area contributed by atoms with Crippen LogP contribution in [-0.2, 0) is 6.42 Å². The summed E-state index contributed by atoms with van der Waals surface area (Å²) in [5.41, 5.74) is 1.12. The fraction of sp³-hybridized carbons (Fsp3) is 0.182. The molecule has 7 nitrogen and oxygen atoms in total. The molecule has 1 unspecified atom stereocenters. The van der Waals surface area contributed by atoms with Crippen LogP contribution < -0.4 is 15.1 Å². The maximum Gasteiger partial charge on any atom is 0.297 e. The molecule has 2 aromatic carbocycles. The first-order valence-electron chi connectivity index (χ1n) is 9.58. The SMILES string of the molecule is CCc1nnc(N2C(=O)c3oc4ccc(Br)cc4c(=O)c3C2c2cccc(OC)c2)s1. The van der Waals surface area contributed by atoms with Gasteiger partial charge in [-0.3, -0.25) is 14.5 Å². The zero-order valence-corrected chi connectivity index (χ0v) is 19.0. The van der Waals surface area contributed by atoms with Gasteiger partial charge in [0.1, 0.15) is 16.3 Å². The Labute approximate surface area is 189 Å². The van der Waals surface area contributed by atoms with Crippen LogP contribution in [0.5, 0.6) is 5.75 Å². The van der Waals surface area contributed by atoms with E-state index in [0.717, 1.165) is 15.0 Å². The molecule has 1 amide bonds. The van der Waals surface area contributed by atoms with Crippen LogP contribution in [0.25, 0.3) is 11.0 Å². The van der Waals surface area contributed by atoms with Crippen LogP contribution in [0.4, 0.5) is 5.13 Å². The summed E-state index contributed by atoms with van der Waals surface area (Å²) in [6.07, 6.45) is 0.700. The molecular formula is C22H16BrN3O4S. The molecule has 0 N–H and O–H groups in total. The van der Waals surface area contributed by atoms with Gasteiger partial charge < -0.3 is 9.15 Å². The maximum atomic E-state index is 13.6. The van der Waals surface area contributed by atoms with Gasteiger partial charge in [0.15, 0.2) is 5.43 Å². The number of hydrogen-bond acceptors (Lipinski definition) is 7. The molecule has 4 aromatic rings. The van der Waals surface area contributed by atoms with Gasteiger partial charge in [0, 0.05) is 4.47 Å². The van der Waals surface area contributed by atoms with Gasteiger partial charge in [-0.15, -0.1) is 10.2 Å². The zero-order chi connectivity index (χ0) is 21.7. The third-order valence-corrected chi connectivity index (χ3v) is 6.77. The van der Waals surface area contributed by atoms with E-state index in [9.17, 15) is 9.59 Å². The van der Waals surface area contributed by atoms with Crippen LogP contribution in [0.15, 0.2) is 56.1 Å². The van der Waals surface area contributed by atoms with Crippen LogP contribution in [-0.4, -0.2) is 23.2 Å². The van der Waals surface area contributed by atoms with E-state index in [0.29, 0.717) is 28.3 Å². The lowest BCUT2D eigenvalue weighted by atomic mass is 9.98. The van der Waals surface area contributed by atoms with Gasteiger partial charge in [0.2, 0.25) is 10.9 Å². The number of methoxy groups -OCH3 is 1. The van der Waals surface area contributed by atoms with Crippen molar-refractivity contribution in [2.24, 2.45) is 0 Å². The van der Waals surface area contributed by atoms with Crippen molar-refractivity contribution >= 4 is 49.3 Å². The molecule has 0 saturated carbocycles. The first kappa shape index (κ1) is 19.9. The Balaban J connectivity index is 1.80. The van der Waals surface area contributed by atoms with Crippen molar-refractivity contribution in [1.82, 2.24) is 10.2 Å². The molecule has 2 aromatic heterocycles. The number of anilines is 1. The number of fused-ring (bicyclic) bond motifs is 2. The Bertz CT molecular complexity index is 1400. The predicted molar refractivity (Wildman–Crippen MR) is 121 cm³/mol. The Hall–Kier alpha value is -3.04. The Kier molecular flexibility index (Phi) is 4.86. The monoisotopic (exact) mass is 497 g/mol. The minimum Gasteiger partial charge on any atom is -0.497 e. The largest absolute Gasteiger partial charge is 0.497 e. The lowest BCUT2D eigenvalue weighted by molar-refractivity contribution is 0.0970. The molecule has 1 atom stereocenters. The molecule has 31 heavy (non-hydrogen) atoms. The highest BCUT2D eigenvalue weighted by atomic mass is 79.9. The topological polar surface area (TPSA) is 85.5 Å². The average molecular weight is 498 g/mol. The molecule has 0 bridgehead atoms. The lowest BCUT2D eigenvalue weighted by Crippen LogP contribution is -2.29. The van der Waals surface area contributed by atoms with E-state index in [1.165, 1.54) is 16.2 Å². The summed E-state index contributed by atoms with van der Waals surface area (Å²) in [5, 5.41) is 10.0.